The molecule has 0 saturated carbocycles. The van der Waals surface area contributed by atoms with Crippen LogP contribution in [0.2, 0.25) is 0 Å². The number of anilines is 2. The second-order valence-corrected chi connectivity index (χ2v) is 6.44. The lowest BCUT2D eigenvalue weighted by atomic mass is 10.0. The Morgan fingerprint density at radius 2 is 1.85 bits per heavy atom. The van der Waals surface area contributed by atoms with Crippen molar-refractivity contribution in [2.24, 2.45) is 0 Å². The number of hydrogen-bond donors (Lipinski definition) is 2. The van der Waals surface area contributed by atoms with Crippen molar-refractivity contribution in [3.05, 3.63) is 65.9 Å². The number of fused-ring (bicyclic) bond motifs is 1. The van der Waals surface area contributed by atoms with Crippen molar-refractivity contribution in [1.29, 1.82) is 0 Å². The molecule has 0 saturated heterocycles. The van der Waals surface area contributed by atoms with E-state index in [-0.39, 0.29) is 11.7 Å². The third-order valence-corrected chi connectivity index (χ3v) is 4.37. The maximum absolute atomic E-state index is 12.4. The number of benzene rings is 2. The molecule has 5 nitrogen and oxygen atoms in total. The molecule has 0 aliphatic rings. The first-order valence-corrected chi connectivity index (χ1v) is 9.14. The number of nitrogens with zero attached hydrogens (tertiary/aromatic N) is 1. The van der Waals surface area contributed by atoms with Gasteiger partial charge in [-0.1, -0.05) is 31.5 Å². The maximum atomic E-state index is 12.4. The van der Waals surface area contributed by atoms with Gasteiger partial charge in [-0.15, -0.1) is 0 Å². The van der Waals surface area contributed by atoms with Gasteiger partial charge in [0.2, 0.25) is 0 Å². The molecule has 0 bridgehead atoms. The van der Waals surface area contributed by atoms with Gasteiger partial charge < -0.3 is 10.6 Å². The molecule has 1 aromatic heterocycles. The first kappa shape index (κ1) is 18.6. The summed E-state index contributed by atoms with van der Waals surface area (Å²) in [5, 5.41) is 6.99. The number of aromatic nitrogens is 1. The molecule has 3 aromatic rings. The molecule has 3 rings (SSSR count). The van der Waals surface area contributed by atoms with Crippen LogP contribution in [0, 0.1) is 0 Å². The third kappa shape index (κ3) is 4.31. The summed E-state index contributed by atoms with van der Waals surface area (Å²) in [4.78, 5) is 29.0. The molecule has 0 aliphatic heterocycles. The number of ketones is 1. The molecule has 1 heterocycles. The summed E-state index contributed by atoms with van der Waals surface area (Å²) >= 11 is 0. The number of hydrogen-bond acceptors (Lipinski definition) is 4. The van der Waals surface area contributed by atoms with E-state index >= 15 is 0 Å². The van der Waals surface area contributed by atoms with Crippen molar-refractivity contribution in [1.82, 2.24) is 10.3 Å². The van der Waals surface area contributed by atoms with Crippen molar-refractivity contribution in [2.75, 3.05) is 11.9 Å². The molecule has 0 unspecified atom stereocenters. The second-order valence-electron chi connectivity index (χ2n) is 6.44. The Kier molecular flexibility index (Phi) is 5.81. The number of nitrogens with one attached hydrogen (secondary N) is 2. The van der Waals surface area contributed by atoms with Crippen LogP contribution in [0.25, 0.3) is 10.9 Å². The zero-order valence-electron chi connectivity index (χ0n) is 15.6. The van der Waals surface area contributed by atoms with Gasteiger partial charge in [0.05, 0.1) is 16.8 Å². The zero-order valence-corrected chi connectivity index (χ0v) is 15.6. The minimum absolute atomic E-state index is 0.0827. The summed E-state index contributed by atoms with van der Waals surface area (Å²) in [6, 6.07) is 15.0. The molecular formula is C22H23N3O2. The first-order valence-electron chi connectivity index (χ1n) is 9.14. The molecule has 0 atom stereocenters. The largest absolute Gasteiger partial charge is 0.354 e. The van der Waals surface area contributed by atoms with E-state index < -0.39 is 0 Å². The van der Waals surface area contributed by atoms with Crippen molar-refractivity contribution < 1.29 is 9.59 Å². The fraction of sp³-hybridized carbons (Fsp3) is 0.227. The average molecular weight is 361 g/mol. The Hall–Kier alpha value is -3.21. The number of rotatable bonds is 7. The molecule has 0 spiro atoms. The Labute approximate surface area is 158 Å². The summed E-state index contributed by atoms with van der Waals surface area (Å²) in [6.07, 6.45) is 3.54. The van der Waals surface area contributed by atoms with E-state index in [2.05, 4.69) is 22.5 Å². The average Bonchev–Trinajstić information content (AvgIpc) is 2.68. The molecule has 27 heavy (non-hydrogen) atoms. The highest BCUT2D eigenvalue weighted by Crippen LogP contribution is 2.30. The van der Waals surface area contributed by atoms with Crippen LogP contribution in [0.3, 0.4) is 0 Å². The Bertz CT molecular complexity index is 968. The molecule has 2 N–H and O–H groups in total. The van der Waals surface area contributed by atoms with E-state index in [4.69, 9.17) is 0 Å². The second kappa shape index (κ2) is 8.45. The van der Waals surface area contributed by atoms with Gasteiger partial charge in [0.1, 0.15) is 0 Å². The van der Waals surface area contributed by atoms with Gasteiger partial charge in [-0.25, -0.2) is 0 Å². The van der Waals surface area contributed by atoms with E-state index in [0.717, 1.165) is 29.4 Å². The lowest BCUT2D eigenvalue weighted by Gasteiger charge is -2.14. The SMILES string of the molecule is CCCCNC(=O)c1ccc2ncc(C(C)=O)c(Nc3ccccc3)c2c1. The van der Waals surface area contributed by atoms with Gasteiger partial charge in [0.15, 0.2) is 5.78 Å². The zero-order chi connectivity index (χ0) is 19.2. The number of carbonyl (C=O) groups excluding carboxylic acids is 2. The lowest BCUT2D eigenvalue weighted by Crippen LogP contribution is -2.24. The fourth-order valence-electron chi connectivity index (χ4n) is 2.88. The maximum Gasteiger partial charge on any atom is 0.251 e. The number of Topliss-reactive ketones (excluding diaryl/α,β-unsaturated/α-hetero) is 1. The van der Waals surface area contributed by atoms with Gasteiger partial charge in [-0.05, 0) is 43.7 Å². The van der Waals surface area contributed by atoms with Crippen LogP contribution in [0.4, 0.5) is 11.4 Å². The molecule has 138 valence electrons. The number of pyridine rings is 1. The van der Waals surface area contributed by atoms with Gasteiger partial charge in [-0.3, -0.25) is 14.6 Å². The standard InChI is InChI=1S/C22H23N3O2/c1-3-4-12-23-22(27)16-10-11-20-18(13-16)21(19(14-24-20)15(2)26)25-17-8-6-5-7-9-17/h5-11,13-14H,3-4,12H2,1-2H3,(H,23,27)(H,24,25). The van der Waals surface area contributed by atoms with E-state index in [9.17, 15) is 9.59 Å². The highest BCUT2D eigenvalue weighted by Gasteiger charge is 2.15. The Morgan fingerprint density at radius 1 is 1.07 bits per heavy atom. The molecule has 0 aliphatic carbocycles. The molecule has 1 amide bonds. The van der Waals surface area contributed by atoms with Gasteiger partial charge in [-0.2, -0.15) is 0 Å². The molecular weight excluding hydrogens is 338 g/mol. The predicted molar refractivity (Wildman–Crippen MR) is 109 cm³/mol. The van der Waals surface area contributed by atoms with Crippen LogP contribution in [0.15, 0.2) is 54.7 Å². The summed E-state index contributed by atoms with van der Waals surface area (Å²) in [5.74, 6) is -0.204. The minimum atomic E-state index is -0.121. The predicted octanol–water partition coefficient (Wildman–Crippen LogP) is 4.71. The summed E-state index contributed by atoms with van der Waals surface area (Å²) in [5.41, 5.74) is 3.31. The molecule has 0 radical (unpaired) electrons. The van der Waals surface area contributed by atoms with E-state index in [1.54, 1.807) is 18.3 Å². The van der Waals surface area contributed by atoms with Crippen molar-refractivity contribution in [3.8, 4) is 0 Å². The lowest BCUT2D eigenvalue weighted by molar-refractivity contribution is 0.0952. The number of unbranched alkanes of at least 4 members (excludes halogenated alkanes) is 1. The van der Waals surface area contributed by atoms with Crippen LogP contribution in [0.1, 0.15) is 47.4 Å². The van der Waals surface area contributed by atoms with Crippen molar-refractivity contribution >= 4 is 34.0 Å². The highest BCUT2D eigenvalue weighted by atomic mass is 16.1. The van der Waals surface area contributed by atoms with Crippen LogP contribution in [-0.4, -0.2) is 23.2 Å². The third-order valence-electron chi connectivity index (χ3n) is 4.37. The number of carbonyl (C=O) groups is 2. The van der Waals surface area contributed by atoms with Crippen molar-refractivity contribution in [3.63, 3.8) is 0 Å². The summed E-state index contributed by atoms with van der Waals surface area (Å²) in [7, 11) is 0. The highest BCUT2D eigenvalue weighted by molar-refractivity contribution is 6.09. The van der Waals surface area contributed by atoms with Crippen LogP contribution in [0.5, 0.6) is 0 Å². The van der Waals surface area contributed by atoms with Gasteiger partial charge in [0, 0.05) is 29.4 Å². The summed E-state index contributed by atoms with van der Waals surface area (Å²) in [6.45, 7) is 4.24. The number of para-hydroxylation sites is 1. The van der Waals surface area contributed by atoms with Gasteiger partial charge >= 0.3 is 0 Å². The monoisotopic (exact) mass is 361 g/mol. The quantitative estimate of drug-likeness (QED) is 0.472. The van der Waals surface area contributed by atoms with Crippen molar-refractivity contribution in [2.45, 2.75) is 26.7 Å². The normalized spacial score (nSPS) is 10.6. The smallest absolute Gasteiger partial charge is 0.251 e. The van der Waals surface area contributed by atoms with Crippen LogP contribution < -0.4 is 10.6 Å². The Balaban J connectivity index is 2.05. The summed E-state index contributed by atoms with van der Waals surface area (Å²) < 4.78 is 0. The Morgan fingerprint density at radius 3 is 2.56 bits per heavy atom. The minimum Gasteiger partial charge on any atom is -0.354 e. The molecule has 0 fully saturated rings. The fourth-order valence-corrected chi connectivity index (χ4v) is 2.88. The van der Waals surface area contributed by atoms with E-state index in [1.807, 2.05) is 36.4 Å². The van der Waals surface area contributed by atoms with Crippen LogP contribution in [-0.2, 0) is 0 Å². The van der Waals surface area contributed by atoms with E-state index in [1.165, 1.54) is 6.92 Å². The van der Waals surface area contributed by atoms with Crippen LogP contribution >= 0.6 is 0 Å². The first-order chi connectivity index (χ1) is 13.1. The topological polar surface area (TPSA) is 71.1 Å². The molecule has 2 aromatic carbocycles. The van der Waals surface area contributed by atoms with Gasteiger partial charge in [0.25, 0.3) is 5.91 Å². The molecule has 5 heteroatoms. The van der Waals surface area contributed by atoms with E-state index in [0.29, 0.717) is 23.4 Å². The number of amides is 1.